The SMILES string of the molecule is CC(C)[C@H](NC(=O)[C@H](Cc1ccc(O)cc1)NC(=O)[C@@H]1CCCN1C(=O)[C@@H](NC(=O)[C@@H]1CCCN1C(=O)[C@H](CCC(=O)O)NC(=O)[C@H](C)NC(=O)[C@H](C)NC(=O)[C@@H]1CCCN1)C(C)C)C(=O)N[C@@H](CCCCN)C(=O)N[C@@H](CCC(N)=O)C(=O)N[C@@H](CC(=O)O)C(=O)O. The zero-order valence-corrected chi connectivity index (χ0v) is 53.3. The summed E-state index contributed by atoms with van der Waals surface area (Å²) in [5.74, 6) is -15.8. The Bertz CT molecular complexity index is 2870. The fourth-order valence-corrected chi connectivity index (χ4v) is 10.9. The van der Waals surface area contributed by atoms with E-state index >= 15 is 0 Å². The standard InChI is InChI=1S/C60H92N14O19/c1-30(2)47(57(89)67-37(12-7-8-24-61)52(84)66-38(20-22-44(62)76)53(85)70-41(60(92)93)29-46(79)80)71-54(86)40(28-34-16-18-35(75)19-17-34)69-55(87)42-14-11-27-74(42)59(91)48(31(3)4)72-56(88)43-15-10-26-73(43)58(90)39(21-23-45(77)78)68-50(82)33(6)64-49(81)32(5)65-51(83)36-13-9-25-63-36/h16-19,30-33,36-43,47-48,63,75H,7-15,20-29,61H2,1-6H3,(H2,62,76)(H,64,81)(H,65,83)(H,66,84)(H,67,89)(H,68,82)(H,69,87)(H,70,85)(H,71,86)(H,72,88)(H,77,78)(H,79,80)(H,92,93)/t32-,33-,36-,37-,38-,39-,40-,41-,42-,43-,47-,48-/m0/s1. The predicted octanol–water partition coefficient (Wildman–Crippen LogP) is -3.80. The van der Waals surface area contributed by atoms with Gasteiger partial charge in [-0.05, 0) is 127 Å². The van der Waals surface area contributed by atoms with Crippen molar-refractivity contribution < 1.29 is 92.3 Å². The predicted molar refractivity (Wildman–Crippen MR) is 329 cm³/mol. The molecule has 33 heteroatoms. The third-order valence-corrected chi connectivity index (χ3v) is 16.2. The minimum absolute atomic E-state index is 0.0141. The van der Waals surface area contributed by atoms with Crippen molar-refractivity contribution in [1.29, 1.82) is 0 Å². The van der Waals surface area contributed by atoms with Crippen molar-refractivity contribution in [3.05, 3.63) is 29.8 Å². The van der Waals surface area contributed by atoms with E-state index in [1.54, 1.807) is 27.7 Å². The molecule has 3 heterocycles. The van der Waals surface area contributed by atoms with Crippen LogP contribution in [0.5, 0.6) is 5.75 Å². The number of amides is 12. The molecule has 1 aromatic carbocycles. The molecule has 0 bridgehead atoms. The Labute approximate surface area is 537 Å². The number of aliphatic carboxylic acids is 3. The summed E-state index contributed by atoms with van der Waals surface area (Å²) in [5, 5.41) is 64.2. The first-order valence-electron chi connectivity index (χ1n) is 31.3. The fraction of sp³-hybridized carbons (Fsp3) is 0.650. The lowest BCUT2D eigenvalue weighted by molar-refractivity contribution is -0.147. The molecule has 33 nitrogen and oxygen atoms in total. The largest absolute Gasteiger partial charge is 0.508 e. The van der Waals surface area contributed by atoms with Crippen molar-refractivity contribution in [3.8, 4) is 5.75 Å². The molecule has 3 aliphatic rings. The summed E-state index contributed by atoms with van der Waals surface area (Å²) >= 11 is 0. The number of carbonyl (C=O) groups excluding carboxylic acids is 12. The second-order valence-corrected chi connectivity index (χ2v) is 24.3. The molecule has 3 aliphatic heterocycles. The lowest BCUT2D eigenvalue weighted by Crippen LogP contribution is -2.61. The van der Waals surface area contributed by atoms with Gasteiger partial charge in [-0.25, -0.2) is 4.79 Å². The summed E-state index contributed by atoms with van der Waals surface area (Å²) in [6.45, 7) is 10.1. The van der Waals surface area contributed by atoms with Gasteiger partial charge >= 0.3 is 17.9 Å². The van der Waals surface area contributed by atoms with E-state index in [0.29, 0.717) is 37.8 Å². The number of likely N-dealkylation sites (tertiary alicyclic amines) is 2. The third kappa shape index (κ3) is 23.9. The number of phenolic OH excluding ortho intramolecular Hbond substituents is 1. The first-order valence-corrected chi connectivity index (χ1v) is 31.3. The van der Waals surface area contributed by atoms with Crippen molar-refractivity contribution in [2.24, 2.45) is 23.3 Å². The number of nitrogens with one attached hydrogen (secondary N) is 10. The molecular formula is C60H92N14O19. The molecule has 0 aliphatic carbocycles. The summed E-state index contributed by atoms with van der Waals surface area (Å²) in [7, 11) is 0. The van der Waals surface area contributed by atoms with Crippen molar-refractivity contribution in [2.75, 3.05) is 26.2 Å². The Hall–Kier alpha value is -9.01. The molecule has 0 unspecified atom stereocenters. The Morgan fingerprint density at radius 3 is 1.57 bits per heavy atom. The number of hydrogen-bond acceptors (Lipinski definition) is 18. The molecule has 93 heavy (non-hydrogen) atoms. The first kappa shape index (κ1) is 76.4. The maximum atomic E-state index is 14.7. The number of hydrogen-bond donors (Lipinski definition) is 16. The molecule has 4 rings (SSSR count). The number of primary amides is 1. The summed E-state index contributed by atoms with van der Waals surface area (Å²) in [4.78, 5) is 202. The second-order valence-electron chi connectivity index (χ2n) is 24.3. The van der Waals surface area contributed by atoms with Gasteiger partial charge in [0.25, 0.3) is 0 Å². The van der Waals surface area contributed by atoms with Gasteiger partial charge < -0.3 is 94.9 Å². The second kappa shape index (κ2) is 36.9. The number of carboxylic acid groups (broad SMARTS) is 3. The van der Waals surface area contributed by atoms with Crippen LogP contribution in [0.3, 0.4) is 0 Å². The molecular weight excluding hydrogens is 1220 g/mol. The van der Waals surface area contributed by atoms with Gasteiger partial charge in [-0.2, -0.15) is 0 Å². The van der Waals surface area contributed by atoms with Crippen LogP contribution in [0.25, 0.3) is 0 Å². The Balaban J connectivity index is 1.52. The van der Waals surface area contributed by atoms with Crippen LogP contribution < -0.4 is 64.6 Å². The number of carbonyl (C=O) groups is 15. The Morgan fingerprint density at radius 2 is 1.03 bits per heavy atom. The molecule has 516 valence electrons. The van der Waals surface area contributed by atoms with Crippen LogP contribution in [0.1, 0.15) is 137 Å². The van der Waals surface area contributed by atoms with Crippen LogP contribution in [0, 0.1) is 11.8 Å². The molecule has 3 fully saturated rings. The van der Waals surface area contributed by atoms with Gasteiger partial charge in [0.1, 0.15) is 72.2 Å². The van der Waals surface area contributed by atoms with Gasteiger partial charge in [0.15, 0.2) is 0 Å². The molecule has 18 N–H and O–H groups in total. The molecule has 12 amide bonds. The number of carboxylic acids is 3. The normalized spacial score (nSPS) is 19.0. The number of phenols is 1. The van der Waals surface area contributed by atoms with Crippen LogP contribution in [-0.2, 0) is 78.3 Å². The summed E-state index contributed by atoms with van der Waals surface area (Å²) in [6, 6.07) is -10.2. The minimum atomic E-state index is -1.93. The van der Waals surface area contributed by atoms with E-state index in [1.165, 1.54) is 47.9 Å². The number of benzene rings is 1. The summed E-state index contributed by atoms with van der Waals surface area (Å²) in [5.41, 5.74) is 11.5. The van der Waals surface area contributed by atoms with Gasteiger partial charge in [0.05, 0.1) is 12.5 Å². The first-order chi connectivity index (χ1) is 43.8. The highest BCUT2D eigenvalue weighted by molar-refractivity contribution is 6.00. The molecule has 0 spiro atoms. The smallest absolute Gasteiger partial charge is 0.326 e. The lowest BCUT2D eigenvalue weighted by atomic mass is 9.99. The maximum Gasteiger partial charge on any atom is 0.326 e. The van der Waals surface area contributed by atoms with Crippen molar-refractivity contribution in [1.82, 2.24) is 63.0 Å². The molecule has 1 aromatic rings. The van der Waals surface area contributed by atoms with E-state index in [9.17, 15) is 92.3 Å². The van der Waals surface area contributed by atoms with E-state index in [0.717, 1.165) is 6.42 Å². The molecule has 0 radical (unpaired) electrons. The van der Waals surface area contributed by atoms with E-state index in [4.69, 9.17) is 11.5 Å². The molecule has 0 saturated carbocycles. The van der Waals surface area contributed by atoms with Gasteiger partial charge in [-0.3, -0.25) is 67.1 Å². The average molecular weight is 1310 g/mol. The maximum absolute atomic E-state index is 14.7. The van der Waals surface area contributed by atoms with Crippen LogP contribution in [-0.4, -0.2) is 218 Å². The van der Waals surface area contributed by atoms with Crippen LogP contribution in [0.15, 0.2) is 24.3 Å². The number of unbranched alkanes of at least 4 members (excludes halogenated alkanes) is 1. The third-order valence-electron chi connectivity index (χ3n) is 16.2. The zero-order valence-electron chi connectivity index (χ0n) is 53.3. The highest BCUT2D eigenvalue weighted by atomic mass is 16.4. The van der Waals surface area contributed by atoms with E-state index in [-0.39, 0.29) is 63.4 Å². The van der Waals surface area contributed by atoms with Crippen molar-refractivity contribution >= 4 is 88.8 Å². The Morgan fingerprint density at radius 1 is 0.516 bits per heavy atom. The molecule has 0 aromatic heterocycles. The van der Waals surface area contributed by atoms with Crippen molar-refractivity contribution in [2.45, 2.75) is 210 Å². The van der Waals surface area contributed by atoms with Crippen LogP contribution in [0.2, 0.25) is 0 Å². The quantitative estimate of drug-likeness (QED) is 0.0284. The van der Waals surface area contributed by atoms with Gasteiger partial charge in [-0.1, -0.05) is 39.8 Å². The van der Waals surface area contributed by atoms with E-state index in [1.807, 2.05) is 5.32 Å². The monoisotopic (exact) mass is 1310 g/mol. The van der Waals surface area contributed by atoms with Gasteiger partial charge in [0.2, 0.25) is 70.9 Å². The van der Waals surface area contributed by atoms with E-state index < -0.39 is 199 Å². The fourth-order valence-electron chi connectivity index (χ4n) is 10.9. The lowest BCUT2D eigenvalue weighted by Gasteiger charge is -2.33. The van der Waals surface area contributed by atoms with Crippen LogP contribution in [0.4, 0.5) is 0 Å². The number of nitrogens with two attached hydrogens (primary N) is 2. The van der Waals surface area contributed by atoms with Gasteiger partial charge in [-0.15, -0.1) is 0 Å². The summed E-state index contributed by atoms with van der Waals surface area (Å²) < 4.78 is 0. The zero-order chi connectivity index (χ0) is 69.4. The van der Waals surface area contributed by atoms with Gasteiger partial charge in [0, 0.05) is 32.4 Å². The summed E-state index contributed by atoms with van der Waals surface area (Å²) in [6.07, 6.45) is -0.439. The number of aromatic hydroxyl groups is 1. The minimum Gasteiger partial charge on any atom is -0.508 e. The highest BCUT2D eigenvalue weighted by Gasteiger charge is 2.44. The van der Waals surface area contributed by atoms with E-state index in [2.05, 4.69) is 47.9 Å². The molecule has 3 saturated heterocycles. The molecule has 12 atom stereocenters. The number of nitrogens with zero attached hydrogens (tertiary/aromatic N) is 2. The Kier molecular flexibility index (Phi) is 30.3. The topological polar surface area (TPSA) is 516 Å². The van der Waals surface area contributed by atoms with Crippen LogP contribution >= 0.6 is 0 Å². The number of rotatable bonds is 37. The highest BCUT2D eigenvalue weighted by Crippen LogP contribution is 2.24. The average Bonchev–Trinajstić information content (AvgIpc) is 1.82. The van der Waals surface area contributed by atoms with Crippen molar-refractivity contribution in [3.63, 3.8) is 0 Å².